The number of carbonyl (C=O) groups is 1. The summed E-state index contributed by atoms with van der Waals surface area (Å²) in [4.78, 5) is 12.1. The number of nitrogens with zero attached hydrogens (tertiary/aromatic N) is 1. The SMILES string of the molecule is O=C1C=c2c(n(-c3ccccc3)c3ccc4ccccc4c23)=CC1. The Hall–Kier alpha value is -3.13. The molecule has 1 aromatic heterocycles. The van der Waals surface area contributed by atoms with Crippen LogP contribution in [0.2, 0.25) is 0 Å². The summed E-state index contributed by atoms with van der Waals surface area (Å²) in [5.74, 6) is 0.169. The summed E-state index contributed by atoms with van der Waals surface area (Å²) in [7, 11) is 0. The fourth-order valence-corrected chi connectivity index (χ4v) is 3.73. The van der Waals surface area contributed by atoms with E-state index in [4.69, 9.17) is 0 Å². The van der Waals surface area contributed by atoms with E-state index in [0.717, 1.165) is 27.2 Å². The first-order chi connectivity index (χ1) is 11.8. The van der Waals surface area contributed by atoms with Crippen LogP contribution in [0.25, 0.3) is 39.5 Å². The van der Waals surface area contributed by atoms with Gasteiger partial charge in [-0.1, -0.05) is 54.6 Å². The monoisotopic (exact) mass is 309 g/mol. The zero-order valence-corrected chi connectivity index (χ0v) is 13.1. The lowest BCUT2D eigenvalue weighted by Crippen LogP contribution is -2.32. The van der Waals surface area contributed by atoms with Crippen LogP contribution in [0.5, 0.6) is 0 Å². The van der Waals surface area contributed by atoms with Crippen LogP contribution in [0.3, 0.4) is 0 Å². The van der Waals surface area contributed by atoms with Gasteiger partial charge in [-0.05, 0) is 35.0 Å². The molecule has 0 unspecified atom stereocenters. The van der Waals surface area contributed by atoms with Gasteiger partial charge >= 0.3 is 0 Å². The maximum atomic E-state index is 12.1. The van der Waals surface area contributed by atoms with Gasteiger partial charge in [0, 0.05) is 22.7 Å². The zero-order valence-electron chi connectivity index (χ0n) is 13.1. The molecule has 1 aliphatic rings. The highest BCUT2D eigenvalue weighted by atomic mass is 16.1. The van der Waals surface area contributed by atoms with Crippen LogP contribution in [0, 0.1) is 0 Å². The van der Waals surface area contributed by atoms with E-state index in [1.807, 2.05) is 24.3 Å². The van der Waals surface area contributed by atoms with E-state index in [1.54, 1.807) is 0 Å². The summed E-state index contributed by atoms with van der Waals surface area (Å²) in [5, 5.41) is 5.72. The first kappa shape index (κ1) is 13.3. The molecule has 0 radical (unpaired) electrons. The van der Waals surface area contributed by atoms with Crippen molar-refractivity contribution >= 4 is 39.6 Å². The molecule has 4 aromatic rings. The largest absolute Gasteiger partial charge is 0.310 e. The van der Waals surface area contributed by atoms with E-state index in [2.05, 4.69) is 59.2 Å². The van der Waals surface area contributed by atoms with Crippen LogP contribution >= 0.6 is 0 Å². The summed E-state index contributed by atoms with van der Waals surface area (Å²) < 4.78 is 2.26. The molecule has 0 fully saturated rings. The van der Waals surface area contributed by atoms with Gasteiger partial charge in [-0.25, -0.2) is 0 Å². The molecule has 0 aliphatic heterocycles. The average molecular weight is 309 g/mol. The molecule has 0 amide bonds. The van der Waals surface area contributed by atoms with Gasteiger partial charge in [0.15, 0.2) is 5.78 Å². The van der Waals surface area contributed by atoms with Crippen LogP contribution in [0.15, 0.2) is 66.7 Å². The highest BCUT2D eigenvalue weighted by molar-refractivity contribution is 6.15. The second-order valence-corrected chi connectivity index (χ2v) is 6.17. The van der Waals surface area contributed by atoms with Crippen molar-refractivity contribution in [1.29, 1.82) is 0 Å². The summed E-state index contributed by atoms with van der Waals surface area (Å²) in [6.45, 7) is 0. The van der Waals surface area contributed by atoms with Crippen LogP contribution in [-0.4, -0.2) is 10.4 Å². The Bertz CT molecular complexity index is 1230. The quantitative estimate of drug-likeness (QED) is 0.529. The number of para-hydroxylation sites is 1. The number of carbonyl (C=O) groups excluding carboxylic acids is 1. The third kappa shape index (κ3) is 1.80. The zero-order chi connectivity index (χ0) is 16.1. The van der Waals surface area contributed by atoms with Crippen molar-refractivity contribution < 1.29 is 4.79 Å². The highest BCUT2D eigenvalue weighted by Gasteiger charge is 2.15. The van der Waals surface area contributed by atoms with Gasteiger partial charge in [0.25, 0.3) is 0 Å². The van der Waals surface area contributed by atoms with Gasteiger partial charge in [-0.2, -0.15) is 0 Å². The molecule has 0 saturated heterocycles. The normalized spacial score (nSPS) is 13.6. The van der Waals surface area contributed by atoms with Crippen LogP contribution < -0.4 is 10.6 Å². The van der Waals surface area contributed by atoms with E-state index < -0.39 is 0 Å². The van der Waals surface area contributed by atoms with Gasteiger partial charge in [0.05, 0.1) is 10.9 Å². The van der Waals surface area contributed by atoms with Crippen LogP contribution in [0.4, 0.5) is 0 Å². The van der Waals surface area contributed by atoms with Crippen molar-refractivity contribution in [2.24, 2.45) is 0 Å². The number of benzene rings is 3. The first-order valence-electron chi connectivity index (χ1n) is 8.15. The first-order valence-corrected chi connectivity index (χ1v) is 8.15. The molecule has 0 atom stereocenters. The molecule has 0 N–H and O–H groups in total. The third-order valence-electron chi connectivity index (χ3n) is 4.75. The van der Waals surface area contributed by atoms with Crippen molar-refractivity contribution in [3.63, 3.8) is 0 Å². The van der Waals surface area contributed by atoms with E-state index in [9.17, 15) is 4.79 Å². The number of fused-ring (bicyclic) bond motifs is 5. The smallest absolute Gasteiger partial charge is 0.160 e. The van der Waals surface area contributed by atoms with Crippen LogP contribution in [0.1, 0.15) is 6.42 Å². The molecular formula is C22H15NO. The van der Waals surface area contributed by atoms with Gasteiger partial charge in [-0.15, -0.1) is 0 Å². The van der Waals surface area contributed by atoms with E-state index in [-0.39, 0.29) is 5.78 Å². The minimum Gasteiger partial charge on any atom is -0.310 e. The van der Waals surface area contributed by atoms with Gasteiger partial charge in [0.1, 0.15) is 0 Å². The fourth-order valence-electron chi connectivity index (χ4n) is 3.73. The Kier molecular flexibility index (Phi) is 2.74. The molecule has 24 heavy (non-hydrogen) atoms. The van der Waals surface area contributed by atoms with Gasteiger partial charge < -0.3 is 4.57 Å². The van der Waals surface area contributed by atoms with Crippen molar-refractivity contribution in [1.82, 2.24) is 4.57 Å². The minimum atomic E-state index is 0.169. The number of aromatic nitrogens is 1. The molecule has 1 heterocycles. The lowest BCUT2D eigenvalue weighted by molar-refractivity contribution is -0.112. The van der Waals surface area contributed by atoms with E-state index in [0.29, 0.717) is 6.42 Å². The molecule has 2 heteroatoms. The van der Waals surface area contributed by atoms with Crippen molar-refractivity contribution in [2.45, 2.75) is 6.42 Å². The van der Waals surface area contributed by atoms with Gasteiger partial charge in [0.2, 0.25) is 0 Å². The van der Waals surface area contributed by atoms with E-state index in [1.165, 1.54) is 10.8 Å². The van der Waals surface area contributed by atoms with Crippen molar-refractivity contribution in [2.75, 3.05) is 0 Å². The maximum Gasteiger partial charge on any atom is 0.160 e. The Morgan fingerprint density at radius 3 is 2.50 bits per heavy atom. The standard InChI is InChI=1S/C22H15NO/c24-17-11-13-20-19(14-17)22-18-9-5-4-6-15(18)10-12-21(22)23(20)16-7-2-1-3-8-16/h1-10,12-14H,11H2. The molecule has 0 spiro atoms. The second kappa shape index (κ2) is 4.93. The summed E-state index contributed by atoms with van der Waals surface area (Å²) in [6.07, 6.45) is 4.33. The minimum absolute atomic E-state index is 0.169. The molecule has 0 bridgehead atoms. The molecular weight excluding hydrogens is 294 g/mol. The second-order valence-electron chi connectivity index (χ2n) is 6.17. The molecule has 114 valence electrons. The average Bonchev–Trinajstić information content (AvgIpc) is 2.96. The third-order valence-corrected chi connectivity index (χ3v) is 4.75. The number of Topliss-reactive ketones (excluding diaryl/α,β-unsaturated/α-hetero) is 1. The highest BCUT2D eigenvalue weighted by Crippen LogP contribution is 2.24. The van der Waals surface area contributed by atoms with Crippen molar-refractivity contribution in [3.05, 3.63) is 77.3 Å². The van der Waals surface area contributed by atoms with Crippen LogP contribution in [-0.2, 0) is 4.79 Å². The summed E-state index contributed by atoms with van der Waals surface area (Å²) in [5.41, 5.74) is 2.27. The molecule has 3 aromatic carbocycles. The summed E-state index contributed by atoms with van der Waals surface area (Å²) in [6, 6.07) is 23.0. The van der Waals surface area contributed by atoms with E-state index >= 15 is 0 Å². The Balaban J connectivity index is 2.08. The molecule has 0 saturated carbocycles. The summed E-state index contributed by atoms with van der Waals surface area (Å²) >= 11 is 0. The number of ketones is 1. The lowest BCUT2D eigenvalue weighted by Gasteiger charge is -2.07. The molecule has 1 aliphatic carbocycles. The Labute approximate surface area is 139 Å². The number of hydrogen-bond acceptors (Lipinski definition) is 1. The number of rotatable bonds is 1. The Morgan fingerprint density at radius 1 is 0.833 bits per heavy atom. The fraction of sp³-hybridized carbons (Fsp3) is 0.0455. The maximum absolute atomic E-state index is 12.1. The topological polar surface area (TPSA) is 22.0 Å². The van der Waals surface area contributed by atoms with Gasteiger partial charge in [-0.3, -0.25) is 4.79 Å². The predicted molar refractivity (Wildman–Crippen MR) is 98.6 cm³/mol. The molecule has 2 nitrogen and oxygen atoms in total. The Morgan fingerprint density at radius 2 is 1.62 bits per heavy atom. The van der Waals surface area contributed by atoms with Crippen molar-refractivity contribution in [3.8, 4) is 5.69 Å². The number of hydrogen-bond donors (Lipinski definition) is 0. The lowest BCUT2D eigenvalue weighted by atomic mass is 10.0. The predicted octanol–water partition coefficient (Wildman–Crippen LogP) is 3.32. The molecule has 5 rings (SSSR count).